The van der Waals surface area contributed by atoms with Gasteiger partial charge >= 0.3 is 0 Å². The molecule has 2 rings (SSSR count). The van der Waals surface area contributed by atoms with Crippen molar-refractivity contribution in [3.63, 3.8) is 0 Å². The van der Waals surface area contributed by atoms with Crippen molar-refractivity contribution >= 4 is 16.7 Å². The molecule has 1 aromatic heterocycles. The fourth-order valence-corrected chi connectivity index (χ4v) is 2.63. The number of carbonyl (C=O) groups excluding carboxylic acids is 1. The molecule has 0 saturated heterocycles. The van der Waals surface area contributed by atoms with Gasteiger partial charge in [0.25, 0.3) is 0 Å². The van der Waals surface area contributed by atoms with Gasteiger partial charge in [-0.15, -0.1) is 0 Å². The van der Waals surface area contributed by atoms with Crippen molar-refractivity contribution in [1.82, 2.24) is 4.57 Å². The van der Waals surface area contributed by atoms with Crippen molar-refractivity contribution in [3.8, 4) is 0 Å². The number of fused-ring (bicyclic) bond motifs is 1. The van der Waals surface area contributed by atoms with Gasteiger partial charge in [0.05, 0.1) is 0 Å². The van der Waals surface area contributed by atoms with Gasteiger partial charge in [-0.25, -0.2) is 0 Å². The summed E-state index contributed by atoms with van der Waals surface area (Å²) in [4.78, 5) is 11.4. The van der Waals surface area contributed by atoms with Crippen LogP contribution in [0, 0.1) is 0 Å². The molecule has 0 bridgehead atoms. The summed E-state index contributed by atoms with van der Waals surface area (Å²) in [5.41, 5.74) is 2.42. The standard InChI is InChI=1S/C17H23NO/c1-3-4-5-8-11-18-13-15(12-14(2)19)16-9-6-7-10-17(16)18/h6-7,9-10,13H,3-5,8,11-12H2,1-2H3. The van der Waals surface area contributed by atoms with E-state index in [0.717, 1.165) is 6.54 Å². The van der Waals surface area contributed by atoms with Crippen LogP contribution in [0.15, 0.2) is 30.5 Å². The maximum Gasteiger partial charge on any atom is 0.134 e. The van der Waals surface area contributed by atoms with E-state index in [2.05, 4.69) is 35.9 Å². The third kappa shape index (κ3) is 3.46. The molecule has 0 aliphatic heterocycles. The van der Waals surface area contributed by atoms with Gasteiger partial charge in [-0.3, -0.25) is 4.79 Å². The van der Waals surface area contributed by atoms with Crippen LogP contribution >= 0.6 is 0 Å². The van der Waals surface area contributed by atoms with E-state index >= 15 is 0 Å². The summed E-state index contributed by atoms with van der Waals surface area (Å²) in [6.45, 7) is 4.95. The Balaban J connectivity index is 2.20. The molecule has 2 heteroatoms. The van der Waals surface area contributed by atoms with Crippen LogP contribution in [-0.2, 0) is 17.8 Å². The molecule has 0 spiro atoms. The molecule has 0 unspecified atom stereocenters. The number of nitrogens with zero attached hydrogens (tertiary/aromatic N) is 1. The van der Waals surface area contributed by atoms with E-state index in [1.165, 1.54) is 42.1 Å². The number of hydrogen-bond donors (Lipinski definition) is 0. The Hall–Kier alpha value is -1.57. The number of aromatic nitrogens is 1. The van der Waals surface area contributed by atoms with Crippen LogP contribution in [-0.4, -0.2) is 10.4 Å². The van der Waals surface area contributed by atoms with Gasteiger partial charge in [0, 0.05) is 30.1 Å². The van der Waals surface area contributed by atoms with E-state index in [9.17, 15) is 4.79 Å². The first-order chi connectivity index (χ1) is 9.22. The lowest BCUT2D eigenvalue weighted by Gasteiger charge is -2.04. The summed E-state index contributed by atoms with van der Waals surface area (Å²) in [6, 6.07) is 8.39. The van der Waals surface area contributed by atoms with Crippen LogP contribution < -0.4 is 0 Å². The smallest absolute Gasteiger partial charge is 0.134 e. The summed E-state index contributed by atoms with van der Waals surface area (Å²) < 4.78 is 2.31. The molecule has 0 aliphatic rings. The SMILES string of the molecule is CCCCCCn1cc(CC(C)=O)c2ccccc21. The highest BCUT2D eigenvalue weighted by Crippen LogP contribution is 2.22. The second kappa shape index (κ2) is 6.55. The molecular formula is C17H23NO. The van der Waals surface area contributed by atoms with Crippen molar-refractivity contribution < 1.29 is 4.79 Å². The zero-order valence-corrected chi connectivity index (χ0v) is 12.0. The second-order valence-corrected chi connectivity index (χ2v) is 5.30. The molecule has 2 nitrogen and oxygen atoms in total. The highest BCUT2D eigenvalue weighted by atomic mass is 16.1. The fourth-order valence-electron chi connectivity index (χ4n) is 2.63. The Morgan fingerprint density at radius 3 is 2.68 bits per heavy atom. The molecule has 0 amide bonds. The lowest BCUT2D eigenvalue weighted by atomic mass is 10.1. The summed E-state index contributed by atoms with van der Waals surface area (Å²) >= 11 is 0. The Morgan fingerprint density at radius 1 is 1.16 bits per heavy atom. The van der Waals surface area contributed by atoms with Crippen molar-refractivity contribution in [2.24, 2.45) is 0 Å². The van der Waals surface area contributed by atoms with Crippen LogP contribution in [0.4, 0.5) is 0 Å². The molecule has 0 radical (unpaired) electrons. The monoisotopic (exact) mass is 257 g/mol. The topological polar surface area (TPSA) is 22.0 Å². The minimum atomic E-state index is 0.230. The van der Waals surface area contributed by atoms with Gasteiger partial charge in [0.1, 0.15) is 5.78 Å². The molecule has 2 aromatic rings. The summed E-state index contributed by atoms with van der Waals surface area (Å²) in [7, 11) is 0. The van der Waals surface area contributed by atoms with E-state index in [-0.39, 0.29) is 5.78 Å². The first kappa shape index (κ1) is 13.9. The van der Waals surface area contributed by atoms with Crippen molar-refractivity contribution in [3.05, 3.63) is 36.0 Å². The van der Waals surface area contributed by atoms with Gasteiger partial charge in [0.2, 0.25) is 0 Å². The number of hydrogen-bond acceptors (Lipinski definition) is 1. The average Bonchev–Trinajstić information content (AvgIpc) is 2.73. The third-order valence-electron chi connectivity index (χ3n) is 3.56. The van der Waals surface area contributed by atoms with Crippen molar-refractivity contribution in [1.29, 1.82) is 0 Å². The predicted molar refractivity (Wildman–Crippen MR) is 80.5 cm³/mol. The molecule has 1 aromatic carbocycles. The maximum atomic E-state index is 11.4. The number of aryl methyl sites for hydroxylation is 1. The normalized spacial score (nSPS) is 11.1. The predicted octanol–water partition coefficient (Wildman–Crippen LogP) is 4.35. The lowest BCUT2D eigenvalue weighted by molar-refractivity contribution is -0.116. The van der Waals surface area contributed by atoms with Crippen LogP contribution in [0.1, 0.15) is 45.1 Å². The number of ketones is 1. The van der Waals surface area contributed by atoms with Crippen LogP contribution in [0.3, 0.4) is 0 Å². The molecule has 0 fully saturated rings. The van der Waals surface area contributed by atoms with Gasteiger partial charge in [0.15, 0.2) is 0 Å². The zero-order valence-electron chi connectivity index (χ0n) is 12.0. The van der Waals surface area contributed by atoms with E-state index in [1.54, 1.807) is 6.92 Å². The number of para-hydroxylation sites is 1. The van der Waals surface area contributed by atoms with Gasteiger partial charge in [-0.2, -0.15) is 0 Å². The Bertz CT molecular complexity index is 553. The minimum Gasteiger partial charge on any atom is -0.347 e. The fraction of sp³-hybridized carbons (Fsp3) is 0.471. The van der Waals surface area contributed by atoms with Crippen molar-refractivity contribution in [2.75, 3.05) is 0 Å². The summed E-state index contributed by atoms with van der Waals surface area (Å²) in [5, 5.41) is 1.23. The van der Waals surface area contributed by atoms with Gasteiger partial charge in [-0.1, -0.05) is 44.4 Å². The number of rotatable bonds is 7. The zero-order chi connectivity index (χ0) is 13.7. The van der Waals surface area contributed by atoms with E-state index < -0.39 is 0 Å². The molecule has 0 atom stereocenters. The Labute approximate surface area is 115 Å². The van der Waals surface area contributed by atoms with Gasteiger partial charge in [-0.05, 0) is 25.0 Å². The number of carbonyl (C=O) groups is 1. The van der Waals surface area contributed by atoms with Crippen LogP contribution in [0.5, 0.6) is 0 Å². The first-order valence-corrected chi connectivity index (χ1v) is 7.28. The Kier molecular flexibility index (Phi) is 4.78. The van der Waals surface area contributed by atoms with Crippen LogP contribution in [0.2, 0.25) is 0 Å². The van der Waals surface area contributed by atoms with E-state index in [0.29, 0.717) is 6.42 Å². The highest BCUT2D eigenvalue weighted by Gasteiger charge is 2.09. The van der Waals surface area contributed by atoms with E-state index in [1.807, 2.05) is 6.07 Å². The molecule has 102 valence electrons. The molecule has 0 saturated carbocycles. The summed E-state index contributed by atoms with van der Waals surface area (Å²) in [6.07, 6.45) is 7.78. The van der Waals surface area contributed by atoms with Gasteiger partial charge < -0.3 is 4.57 Å². The number of benzene rings is 1. The Morgan fingerprint density at radius 2 is 1.95 bits per heavy atom. The quantitative estimate of drug-likeness (QED) is 0.676. The molecule has 19 heavy (non-hydrogen) atoms. The average molecular weight is 257 g/mol. The van der Waals surface area contributed by atoms with Crippen LogP contribution in [0.25, 0.3) is 10.9 Å². The molecule has 0 aliphatic carbocycles. The minimum absolute atomic E-state index is 0.230. The third-order valence-corrected chi connectivity index (χ3v) is 3.56. The molecule has 1 heterocycles. The highest BCUT2D eigenvalue weighted by molar-refractivity contribution is 5.89. The van der Waals surface area contributed by atoms with E-state index in [4.69, 9.17) is 0 Å². The maximum absolute atomic E-state index is 11.4. The molecular weight excluding hydrogens is 234 g/mol. The van der Waals surface area contributed by atoms with Crippen molar-refractivity contribution in [2.45, 2.75) is 52.5 Å². The number of unbranched alkanes of at least 4 members (excludes halogenated alkanes) is 3. The second-order valence-electron chi connectivity index (χ2n) is 5.30. The lowest BCUT2D eigenvalue weighted by Crippen LogP contribution is -1.97. The largest absolute Gasteiger partial charge is 0.347 e. The summed E-state index contributed by atoms with van der Waals surface area (Å²) in [5.74, 6) is 0.230. The molecule has 0 N–H and O–H groups in total. The number of Topliss-reactive ketones (excluding diaryl/α,β-unsaturated/α-hetero) is 1. The first-order valence-electron chi connectivity index (χ1n) is 7.28.